The van der Waals surface area contributed by atoms with E-state index in [1.54, 1.807) is 12.1 Å². The summed E-state index contributed by atoms with van der Waals surface area (Å²) < 4.78 is 38.1. The molecule has 12 heteroatoms. The third-order valence-corrected chi connectivity index (χ3v) is 4.85. The van der Waals surface area contributed by atoms with Gasteiger partial charge in [0.1, 0.15) is 24.1 Å². The molecule has 0 aliphatic carbocycles. The first-order valence-corrected chi connectivity index (χ1v) is 9.03. The number of rotatable bonds is 5. The number of pyridine rings is 1. The van der Waals surface area contributed by atoms with Crippen LogP contribution in [0.5, 0.6) is 0 Å². The molecule has 0 spiro atoms. The average Bonchev–Trinajstić information content (AvgIpc) is 3.09. The Bertz CT molecular complexity index is 1160. The molecule has 2 aromatic rings. The topological polar surface area (TPSA) is 154 Å². The fourth-order valence-corrected chi connectivity index (χ4v) is 3.52. The van der Waals surface area contributed by atoms with Crippen molar-refractivity contribution >= 4 is 35.0 Å². The molecule has 4 rings (SSSR count). The van der Waals surface area contributed by atoms with Crippen molar-refractivity contribution in [1.29, 1.82) is 5.41 Å². The van der Waals surface area contributed by atoms with Gasteiger partial charge in [-0.1, -0.05) is 0 Å². The smallest absolute Gasteiger partial charge is 0.398 e. The number of aliphatic imine (C=N–C) groups is 1. The number of carbonyl (C=O) groups is 1. The van der Waals surface area contributed by atoms with Crippen LogP contribution in [0.2, 0.25) is 0 Å². The van der Waals surface area contributed by atoms with Gasteiger partial charge in [0.15, 0.2) is 0 Å². The second-order valence-electron chi connectivity index (χ2n) is 6.85. The summed E-state index contributed by atoms with van der Waals surface area (Å²) in [7, 11) is 0. The largest absolute Gasteiger partial charge is 0.405 e. The molecule has 0 saturated heterocycles. The second-order valence-corrected chi connectivity index (χ2v) is 6.85. The molecule has 0 saturated carbocycles. The summed E-state index contributed by atoms with van der Waals surface area (Å²) in [5.74, 6) is -0.681. The molecule has 2 aliphatic heterocycles. The van der Waals surface area contributed by atoms with Crippen LogP contribution in [-0.4, -0.2) is 35.7 Å². The van der Waals surface area contributed by atoms with Gasteiger partial charge in [0.25, 0.3) is 5.91 Å². The fraction of sp³-hybridized carbons (Fsp3) is 0.158. The molecule has 0 radical (unpaired) electrons. The SMILES string of the molecule is N=Cc1c(N)ccc2c1C1N=C(c3cnccc3NCC(F)(F)F)NC(C(N)=O)=C1N2. The van der Waals surface area contributed by atoms with Crippen LogP contribution in [0.4, 0.5) is 30.2 Å². The summed E-state index contributed by atoms with van der Waals surface area (Å²) in [5, 5.41) is 15.9. The van der Waals surface area contributed by atoms with E-state index < -0.39 is 24.7 Å². The van der Waals surface area contributed by atoms with Crippen LogP contribution in [0.1, 0.15) is 22.7 Å². The van der Waals surface area contributed by atoms with Gasteiger partial charge in [-0.2, -0.15) is 13.2 Å². The summed E-state index contributed by atoms with van der Waals surface area (Å²) in [6, 6.07) is 3.92. The van der Waals surface area contributed by atoms with Gasteiger partial charge in [0.2, 0.25) is 0 Å². The van der Waals surface area contributed by atoms with Gasteiger partial charge in [-0.3, -0.25) is 14.8 Å². The summed E-state index contributed by atoms with van der Waals surface area (Å²) in [4.78, 5) is 20.7. The van der Waals surface area contributed by atoms with E-state index in [0.29, 0.717) is 28.2 Å². The third kappa shape index (κ3) is 3.63. The number of anilines is 3. The van der Waals surface area contributed by atoms with Crippen molar-refractivity contribution in [2.75, 3.05) is 22.9 Å². The maximum atomic E-state index is 12.7. The molecule has 1 unspecified atom stereocenters. The molecule has 8 N–H and O–H groups in total. The number of halogens is 3. The van der Waals surface area contributed by atoms with Gasteiger partial charge in [-0.05, 0) is 18.2 Å². The Morgan fingerprint density at radius 1 is 1.29 bits per heavy atom. The molecule has 160 valence electrons. The number of nitrogen functional groups attached to an aromatic ring is 1. The minimum absolute atomic E-state index is 0.00586. The molecule has 0 fully saturated rings. The molecule has 9 nitrogen and oxygen atoms in total. The Morgan fingerprint density at radius 3 is 2.74 bits per heavy atom. The molecule has 1 aromatic carbocycles. The Kier molecular flexibility index (Phi) is 4.76. The molecule has 0 bridgehead atoms. The number of amides is 1. The van der Waals surface area contributed by atoms with Gasteiger partial charge >= 0.3 is 6.18 Å². The lowest BCUT2D eigenvalue weighted by atomic mass is 9.97. The summed E-state index contributed by atoms with van der Waals surface area (Å²) in [6.45, 7) is -1.26. The number of primary amides is 1. The van der Waals surface area contributed by atoms with E-state index >= 15 is 0 Å². The van der Waals surface area contributed by atoms with Crippen LogP contribution >= 0.6 is 0 Å². The van der Waals surface area contributed by atoms with Crippen molar-refractivity contribution in [3.05, 3.63) is 58.7 Å². The number of fused-ring (bicyclic) bond motifs is 3. The van der Waals surface area contributed by atoms with Gasteiger partial charge in [0.05, 0.1) is 11.3 Å². The van der Waals surface area contributed by atoms with E-state index in [4.69, 9.17) is 16.9 Å². The number of amidine groups is 1. The summed E-state index contributed by atoms with van der Waals surface area (Å²) >= 11 is 0. The minimum atomic E-state index is -4.43. The van der Waals surface area contributed by atoms with E-state index in [0.717, 1.165) is 6.21 Å². The molecule has 1 amide bonds. The van der Waals surface area contributed by atoms with E-state index in [1.807, 2.05) is 0 Å². The average molecular weight is 430 g/mol. The first-order chi connectivity index (χ1) is 14.7. The first kappa shape index (κ1) is 20.2. The highest BCUT2D eigenvalue weighted by atomic mass is 19.4. The lowest BCUT2D eigenvalue weighted by molar-refractivity contribution is -0.115. The maximum absolute atomic E-state index is 12.7. The lowest BCUT2D eigenvalue weighted by Gasteiger charge is -2.24. The highest BCUT2D eigenvalue weighted by molar-refractivity contribution is 6.10. The molecule has 31 heavy (non-hydrogen) atoms. The van der Waals surface area contributed by atoms with Crippen LogP contribution in [0.3, 0.4) is 0 Å². The normalized spacial score (nSPS) is 17.1. The van der Waals surface area contributed by atoms with E-state index in [9.17, 15) is 18.0 Å². The number of hydrogen-bond acceptors (Lipinski definition) is 8. The lowest BCUT2D eigenvalue weighted by Crippen LogP contribution is -2.38. The van der Waals surface area contributed by atoms with Crippen molar-refractivity contribution in [2.24, 2.45) is 10.7 Å². The molecule has 1 atom stereocenters. The van der Waals surface area contributed by atoms with Crippen molar-refractivity contribution in [3.8, 4) is 0 Å². The molecule has 3 heterocycles. The van der Waals surface area contributed by atoms with E-state index in [-0.39, 0.29) is 22.8 Å². The van der Waals surface area contributed by atoms with Gasteiger partial charge in [-0.25, -0.2) is 0 Å². The number of nitrogens with zero attached hydrogens (tertiary/aromatic N) is 2. The van der Waals surface area contributed by atoms with Crippen molar-refractivity contribution in [1.82, 2.24) is 10.3 Å². The highest BCUT2D eigenvalue weighted by Crippen LogP contribution is 2.45. The van der Waals surface area contributed by atoms with Crippen LogP contribution < -0.4 is 27.4 Å². The zero-order valence-corrected chi connectivity index (χ0v) is 15.8. The van der Waals surface area contributed by atoms with Crippen LogP contribution in [0.15, 0.2) is 47.0 Å². The fourth-order valence-electron chi connectivity index (χ4n) is 3.52. The number of nitrogens with two attached hydrogens (primary N) is 2. The van der Waals surface area contributed by atoms with E-state index in [2.05, 4.69) is 25.9 Å². The zero-order valence-electron chi connectivity index (χ0n) is 15.8. The van der Waals surface area contributed by atoms with Crippen LogP contribution in [-0.2, 0) is 4.79 Å². The first-order valence-electron chi connectivity index (χ1n) is 9.03. The standard InChI is InChI=1S/C19H17F3N8O/c20-19(21,22)7-27-11-3-4-26-6-9(11)18-29-14-13-8(5-23)10(24)1-2-12(13)28-15(14)16(30-18)17(25)31/h1-6,14,23,28H,7,24H2,(H2,25,31)(H,26,27)(H,29,30). The van der Waals surface area contributed by atoms with Gasteiger partial charge in [0, 0.05) is 46.8 Å². The third-order valence-electron chi connectivity index (χ3n) is 4.85. The number of benzene rings is 1. The Hall–Kier alpha value is -4.09. The minimum Gasteiger partial charge on any atom is -0.398 e. The summed E-state index contributed by atoms with van der Waals surface area (Å²) in [5.41, 5.74) is 14.2. The quantitative estimate of drug-likeness (QED) is 0.314. The van der Waals surface area contributed by atoms with Crippen molar-refractivity contribution in [3.63, 3.8) is 0 Å². The van der Waals surface area contributed by atoms with Crippen LogP contribution in [0, 0.1) is 5.41 Å². The molecular weight excluding hydrogens is 413 g/mol. The number of aromatic nitrogens is 1. The Labute approximate surface area is 173 Å². The number of hydrogen-bond donors (Lipinski definition) is 6. The van der Waals surface area contributed by atoms with E-state index in [1.165, 1.54) is 18.5 Å². The molecule has 2 aliphatic rings. The predicted molar refractivity (Wildman–Crippen MR) is 110 cm³/mol. The predicted octanol–water partition coefficient (Wildman–Crippen LogP) is 1.85. The number of nitrogens with one attached hydrogen (secondary N) is 4. The van der Waals surface area contributed by atoms with Crippen LogP contribution in [0.25, 0.3) is 0 Å². The second kappa shape index (κ2) is 7.31. The Balaban J connectivity index is 1.83. The molecule has 1 aromatic heterocycles. The summed E-state index contributed by atoms with van der Waals surface area (Å²) in [6.07, 6.45) is -0.685. The molecular formula is C19H17F3N8O. The zero-order chi connectivity index (χ0) is 22.3. The monoisotopic (exact) mass is 430 g/mol. The van der Waals surface area contributed by atoms with Gasteiger partial charge < -0.3 is 32.8 Å². The van der Waals surface area contributed by atoms with Crippen molar-refractivity contribution in [2.45, 2.75) is 12.2 Å². The number of alkyl halides is 3. The van der Waals surface area contributed by atoms with Gasteiger partial charge in [-0.15, -0.1) is 0 Å². The highest BCUT2D eigenvalue weighted by Gasteiger charge is 2.37. The van der Waals surface area contributed by atoms with Crippen molar-refractivity contribution < 1.29 is 18.0 Å². The number of carbonyl (C=O) groups excluding carboxylic acids is 1. The Morgan fingerprint density at radius 2 is 2.06 bits per heavy atom. The maximum Gasteiger partial charge on any atom is 0.405 e.